The van der Waals surface area contributed by atoms with Crippen LogP contribution in [-0.2, 0) is 9.53 Å². The van der Waals surface area contributed by atoms with Crippen molar-refractivity contribution in [2.45, 2.75) is 13.0 Å². The van der Waals surface area contributed by atoms with Crippen LogP contribution in [-0.4, -0.2) is 26.9 Å². The smallest absolute Gasteiger partial charge is 0.241 e. The molecule has 1 aromatic carbocycles. The third-order valence-corrected chi connectivity index (χ3v) is 4.71. The average Bonchev–Trinajstić information content (AvgIpc) is 3.03. The minimum absolute atomic E-state index is 0.186. The molecule has 0 amide bonds. The van der Waals surface area contributed by atoms with E-state index in [2.05, 4.69) is 15.1 Å². The molecule has 0 saturated carbocycles. The molecule has 1 aliphatic heterocycles. The first-order chi connectivity index (χ1) is 13.0. The summed E-state index contributed by atoms with van der Waals surface area (Å²) in [5.74, 6) is 0.555. The van der Waals surface area contributed by atoms with Gasteiger partial charge in [0, 0.05) is 22.8 Å². The van der Waals surface area contributed by atoms with Gasteiger partial charge in [0.25, 0.3) is 0 Å². The van der Waals surface area contributed by atoms with Crippen LogP contribution >= 0.6 is 34.8 Å². The molecular weight excluding hydrogens is 411 g/mol. The van der Waals surface area contributed by atoms with Crippen molar-refractivity contribution in [3.63, 3.8) is 0 Å². The lowest BCUT2D eigenvalue weighted by Crippen LogP contribution is -2.21. The van der Waals surface area contributed by atoms with Crippen LogP contribution in [0.1, 0.15) is 22.9 Å². The maximum atomic E-state index is 11.6. The molecule has 1 atom stereocenters. The molecule has 0 fully saturated rings. The van der Waals surface area contributed by atoms with Gasteiger partial charge in [-0.3, -0.25) is 4.79 Å². The van der Waals surface area contributed by atoms with E-state index >= 15 is 0 Å². The third-order valence-electron chi connectivity index (χ3n) is 4.02. The summed E-state index contributed by atoms with van der Waals surface area (Å²) in [4.78, 5) is 20.4. The topological polar surface area (TPSA) is 69.4 Å². The highest BCUT2D eigenvalue weighted by molar-refractivity contribution is 6.32. The molecule has 136 valence electrons. The Labute approximate surface area is 169 Å². The van der Waals surface area contributed by atoms with E-state index in [9.17, 15) is 4.79 Å². The minimum atomic E-state index is -0.855. The van der Waals surface area contributed by atoms with E-state index in [1.165, 1.54) is 4.68 Å². The predicted octanol–water partition coefficient (Wildman–Crippen LogP) is 4.88. The number of halogens is 3. The first kappa shape index (κ1) is 18.0. The molecule has 3 heterocycles. The molecule has 2 aromatic heterocycles. The van der Waals surface area contributed by atoms with E-state index in [0.29, 0.717) is 39.1 Å². The van der Waals surface area contributed by atoms with Gasteiger partial charge in [0.1, 0.15) is 5.69 Å². The van der Waals surface area contributed by atoms with Gasteiger partial charge in [-0.1, -0.05) is 34.8 Å². The molecule has 0 saturated heterocycles. The number of aromatic nitrogens is 3. The van der Waals surface area contributed by atoms with Crippen molar-refractivity contribution < 1.29 is 9.53 Å². The molecule has 0 bridgehead atoms. The maximum Gasteiger partial charge on any atom is 0.241 e. The summed E-state index contributed by atoms with van der Waals surface area (Å²) in [7, 11) is 0. The minimum Gasteiger partial charge on any atom is -0.460 e. The number of aryl methyl sites for hydroxylation is 1. The Balaban J connectivity index is 1.91. The zero-order valence-corrected chi connectivity index (χ0v) is 16.1. The number of rotatable bonds is 3. The fraction of sp³-hybridized carbons (Fsp3) is 0.111. The van der Waals surface area contributed by atoms with Crippen LogP contribution in [0.25, 0.3) is 5.82 Å². The molecular formula is C18H11Cl3N4O2. The number of carbonyl (C=O) groups excluding carboxylic acids is 1. The van der Waals surface area contributed by atoms with Crippen LogP contribution in [0.2, 0.25) is 15.2 Å². The molecule has 9 heteroatoms. The molecule has 3 aromatic rings. The summed E-state index contributed by atoms with van der Waals surface area (Å²) in [6.07, 6.45) is 1.42. The van der Waals surface area contributed by atoms with Crippen LogP contribution < -0.4 is 0 Å². The van der Waals surface area contributed by atoms with Gasteiger partial charge in [-0.15, -0.1) is 0 Å². The van der Waals surface area contributed by atoms with Crippen molar-refractivity contribution in [1.29, 1.82) is 0 Å². The number of ether oxygens (including phenoxy) is 1. The molecule has 1 unspecified atom stereocenters. The first-order valence-corrected chi connectivity index (χ1v) is 8.99. The van der Waals surface area contributed by atoms with Gasteiger partial charge >= 0.3 is 0 Å². The summed E-state index contributed by atoms with van der Waals surface area (Å²) < 4.78 is 7.24. The van der Waals surface area contributed by atoms with E-state index in [1.54, 1.807) is 36.5 Å². The normalized spacial score (nSPS) is 15.7. The van der Waals surface area contributed by atoms with Gasteiger partial charge in [-0.2, -0.15) is 5.10 Å². The Morgan fingerprint density at radius 3 is 2.78 bits per heavy atom. The summed E-state index contributed by atoms with van der Waals surface area (Å²) in [5.41, 5.74) is 2.46. The lowest BCUT2D eigenvalue weighted by atomic mass is 10.0. The lowest BCUT2D eigenvalue weighted by Gasteiger charge is -2.24. The highest BCUT2D eigenvalue weighted by atomic mass is 35.5. The van der Waals surface area contributed by atoms with Crippen molar-refractivity contribution >= 4 is 52.7 Å². The Hall–Kier alpha value is -2.41. The van der Waals surface area contributed by atoms with Crippen molar-refractivity contribution in [2.75, 3.05) is 0 Å². The number of pyridine rings is 1. The second kappa shape index (κ2) is 6.96. The number of aliphatic imine (C=N–C) groups is 1. The Bertz CT molecular complexity index is 1090. The van der Waals surface area contributed by atoms with Gasteiger partial charge in [-0.05, 0) is 36.8 Å². The van der Waals surface area contributed by atoms with E-state index in [-0.39, 0.29) is 11.1 Å². The van der Waals surface area contributed by atoms with Crippen LogP contribution in [0.5, 0.6) is 0 Å². The Morgan fingerprint density at radius 2 is 2.04 bits per heavy atom. The lowest BCUT2D eigenvalue weighted by molar-refractivity contribution is -0.114. The largest absolute Gasteiger partial charge is 0.460 e. The van der Waals surface area contributed by atoms with E-state index in [1.807, 2.05) is 6.92 Å². The summed E-state index contributed by atoms with van der Waals surface area (Å²) in [6.45, 7) is 1.86. The van der Waals surface area contributed by atoms with Crippen molar-refractivity contribution in [1.82, 2.24) is 14.8 Å². The average molecular weight is 422 g/mol. The Kier molecular flexibility index (Phi) is 4.63. The number of fused-ring (bicyclic) bond motifs is 1. The number of hydrogen-bond donors (Lipinski definition) is 0. The zero-order valence-electron chi connectivity index (χ0n) is 13.9. The van der Waals surface area contributed by atoms with Crippen LogP contribution in [0.4, 0.5) is 5.69 Å². The maximum absolute atomic E-state index is 11.6. The molecule has 0 N–H and O–H groups in total. The van der Waals surface area contributed by atoms with Crippen LogP contribution in [0.3, 0.4) is 0 Å². The zero-order chi connectivity index (χ0) is 19.1. The molecule has 4 rings (SSSR count). The fourth-order valence-corrected chi connectivity index (χ4v) is 3.52. The molecule has 1 aliphatic rings. The molecule has 0 radical (unpaired) electrons. The second-order valence-electron chi connectivity index (χ2n) is 5.82. The van der Waals surface area contributed by atoms with Crippen molar-refractivity contribution in [3.05, 3.63) is 68.5 Å². The monoisotopic (exact) mass is 420 g/mol. The van der Waals surface area contributed by atoms with Crippen molar-refractivity contribution in [3.8, 4) is 5.82 Å². The summed E-state index contributed by atoms with van der Waals surface area (Å²) in [5, 5.41) is 5.32. The van der Waals surface area contributed by atoms with Crippen LogP contribution in [0.15, 0.2) is 41.5 Å². The number of aldehydes is 1. The van der Waals surface area contributed by atoms with E-state index < -0.39 is 6.10 Å². The first-order valence-electron chi connectivity index (χ1n) is 7.85. The van der Waals surface area contributed by atoms with Gasteiger partial charge in [0.05, 0.1) is 10.7 Å². The molecule has 0 spiro atoms. The van der Waals surface area contributed by atoms with E-state index in [4.69, 9.17) is 39.5 Å². The van der Waals surface area contributed by atoms with Crippen LogP contribution in [0, 0.1) is 6.92 Å². The standard InChI is InChI=1S/C18H11Cl3N4O2/c1-9-5-10(19)6-11-14(8-26)27-18(23-16(9)11)13-7-15(21)24-25(13)17-12(20)3-2-4-22-17/h2-8,14H,1H3. The Morgan fingerprint density at radius 1 is 1.22 bits per heavy atom. The van der Waals surface area contributed by atoms with Gasteiger partial charge in [-0.25, -0.2) is 14.7 Å². The van der Waals surface area contributed by atoms with E-state index in [0.717, 1.165) is 5.56 Å². The molecule has 6 nitrogen and oxygen atoms in total. The number of hydrogen-bond acceptors (Lipinski definition) is 5. The second-order valence-corrected chi connectivity index (χ2v) is 7.06. The summed E-state index contributed by atoms with van der Waals surface area (Å²) >= 11 is 18.5. The fourth-order valence-electron chi connectivity index (χ4n) is 2.86. The molecule has 0 aliphatic carbocycles. The number of carbonyl (C=O) groups is 1. The highest BCUT2D eigenvalue weighted by Gasteiger charge is 2.29. The SMILES string of the molecule is Cc1cc(Cl)cc2c1N=C(c1cc(Cl)nn1-c1ncccc1Cl)OC2C=O. The number of benzene rings is 1. The van der Waals surface area contributed by atoms with Gasteiger partial charge < -0.3 is 4.74 Å². The van der Waals surface area contributed by atoms with Gasteiger partial charge in [0.2, 0.25) is 5.90 Å². The predicted molar refractivity (Wildman–Crippen MR) is 104 cm³/mol. The van der Waals surface area contributed by atoms with Crippen molar-refractivity contribution in [2.24, 2.45) is 4.99 Å². The number of nitrogens with zero attached hydrogens (tertiary/aromatic N) is 4. The quantitative estimate of drug-likeness (QED) is 0.565. The third kappa shape index (κ3) is 3.20. The highest BCUT2D eigenvalue weighted by Crippen LogP contribution is 2.38. The summed E-state index contributed by atoms with van der Waals surface area (Å²) in [6, 6.07) is 8.40. The van der Waals surface area contributed by atoms with Gasteiger partial charge in [0.15, 0.2) is 23.4 Å². The molecule has 27 heavy (non-hydrogen) atoms.